The van der Waals surface area contributed by atoms with Crippen molar-refractivity contribution in [2.24, 2.45) is 5.92 Å². The summed E-state index contributed by atoms with van der Waals surface area (Å²) in [5.41, 5.74) is 0.595. The van der Waals surface area contributed by atoms with Gasteiger partial charge in [0.15, 0.2) is 0 Å². The van der Waals surface area contributed by atoms with E-state index in [1.165, 1.54) is 18.9 Å². The molecule has 1 aliphatic carbocycles. The molecule has 0 spiro atoms. The number of aromatic amines is 1. The third kappa shape index (κ3) is 2.64. The van der Waals surface area contributed by atoms with Gasteiger partial charge in [-0.05, 0) is 18.8 Å². The summed E-state index contributed by atoms with van der Waals surface area (Å²) >= 11 is 5.72. The Labute approximate surface area is 100 Å². The Morgan fingerprint density at radius 2 is 2.38 bits per heavy atom. The SMILES string of the molecule is CC1CCCC(c2nc(CCl)cc(=O)[nH]2)C1. The number of halogens is 1. The van der Waals surface area contributed by atoms with Crippen molar-refractivity contribution in [3.63, 3.8) is 0 Å². The van der Waals surface area contributed by atoms with Crippen molar-refractivity contribution in [2.75, 3.05) is 0 Å². The standard InChI is InChI=1S/C12H17ClN2O/c1-8-3-2-4-9(5-8)12-14-10(7-13)6-11(16)15-12/h6,8-9H,2-5,7H2,1H3,(H,14,15,16). The second-order valence-corrected chi connectivity index (χ2v) is 4.99. The van der Waals surface area contributed by atoms with E-state index in [9.17, 15) is 4.79 Å². The lowest BCUT2D eigenvalue weighted by atomic mass is 9.82. The molecule has 1 heterocycles. The molecule has 1 N–H and O–H groups in total. The fourth-order valence-electron chi connectivity index (χ4n) is 2.47. The molecule has 3 nitrogen and oxygen atoms in total. The van der Waals surface area contributed by atoms with Crippen molar-refractivity contribution in [1.29, 1.82) is 0 Å². The maximum atomic E-state index is 11.4. The molecule has 1 fully saturated rings. The summed E-state index contributed by atoms with van der Waals surface area (Å²) < 4.78 is 0. The van der Waals surface area contributed by atoms with E-state index in [1.807, 2.05) is 0 Å². The van der Waals surface area contributed by atoms with E-state index in [4.69, 9.17) is 11.6 Å². The van der Waals surface area contributed by atoms with Gasteiger partial charge in [0.25, 0.3) is 5.56 Å². The first kappa shape index (κ1) is 11.6. The fraction of sp³-hybridized carbons (Fsp3) is 0.667. The second-order valence-electron chi connectivity index (χ2n) is 4.72. The molecule has 0 radical (unpaired) electrons. The lowest BCUT2D eigenvalue weighted by Crippen LogP contribution is -2.19. The highest BCUT2D eigenvalue weighted by Gasteiger charge is 2.22. The van der Waals surface area contributed by atoms with Crippen LogP contribution in [-0.4, -0.2) is 9.97 Å². The van der Waals surface area contributed by atoms with Crippen molar-refractivity contribution in [3.05, 3.63) is 27.9 Å². The summed E-state index contributed by atoms with van der Waals surface area (Å²) in [5.74, 6) is 2.26. The maximum absolute atomic E-state index is 11.4. The molecular formula is C12H17ClN2O. The highest BCUT2D eigenvalue weighted by molar-refractivity contribution is 6.16. The molecule has 0 bridgehead atoms. The summed E-state index contributed by atoms with van der Waals surface area (Å²) in [5, 5.41) is 0. The largest absolute Gasteiger partial charge is 0.310 e. The van der Waals surface area contributed by atoms with Crippen molar-refractivity contribution in [2.45, 2.75) is 44.4 Å². The fourth-order valence-corrected chi connectivity index (χ4v) is 2.61. The highest BCUT2D eigenvalue weighted by atomic mass is 35.5. The van der Waals surface area contributed by atoms with Gasteiger partial charge in [-0.2, -0.15) is 0 Å². The number of hydrogen-bond acceptors (Lipinski definition) is 2. The molecule has 1 aromatic heterocycles. The first-order chi connectivity index (χ1) is 7.69. The van der Waals surface area contributed by atoms with Gasteiger partial charge >= 0.3 is 0 Å². The maximum Gasteiger partial charge on any atom is 0.251 e. The van der Waals surface area contributed by atoms with Gasteiger partial charge in [-0.3, -0.25) is 4.79 Å². The number of aromatic nitrogens is 2. The first-order valence-corrected chi connectivity index (χ1v) is 6.38. The lowest BCUT2D eigenvalue weighted by Gasteiger charge is -2.25. The van der Waals surface area contributed by atoms with E-state index in [1.54, 1.807) is 0 Å². The van der Waals surface area contributed by atoms with Crippen molar-refractivity contribution >= 4 is 11.6 Å². The highest BCUT2D eigenvalue weighted by Crippen LogP contribution is 2.33. The Bertz CT molecular complexity index is 416. The third-order valence-electron chi connectivity index (χ3n) is 3.27. The number of nitrogens with zero attached hydrogens (tertiary/aromatic N) is 1. The van der Waals surface area contributed by atoms with E-state index in [2.05, 4.69) is 16.9 Å². The first-order valence-electron chi connectivity index (χ1n) is 5.85. The van der Waals surface area contributed by atoms with Crippen LogP contribution in [-0.2, 0) is 5.88 Å². The Hall–Kier alpha value is -0.830. The predicted octanol–water partition coefficient (Wildman–Crippen LogP) is 2.80. The normalized spacial score (nSPS) is 25.6. The van der Waals surface area contributed by atoms with E-state index >= 15 is 0 Å². The Morgan fingerprint density at radius 1 is 1.56 bits per heavy atom. The number of alkyl halides is 1. The Morgan fingerprint density at radius 3 is 3.06 bits per heavy atom. The number of rotatable bonds is 2. The minimum Gasteiger partial charge on any atom is -0.310 e. The number of H-pyrrole nitrogens is 1. The summed E-state index contributed by atoms with van der Waals surface area (Å²) in [6, 6.07) is 1.47. The zero-order chi connectivity index (χ0) is 11.5. The average Bonchev–Trinajstić information content (AvgIpc) is 2.28. The molecule has 4 heteroatoms. The Kier molecular flexibility index (Phi) is 3.64. The smallest absolute Gasteiger partial charge is 0.251 e. The molecule has 16 heavy (non-hydrogen) atoms. The zero-order valence-corrected chi connectivity index (χ0v) is 10.3. The van der Waals surface area contributed by atoms with Crippen LogP contribution in [0.4, 0.5) is 0 Å². The van der Waals surface area contributed by atoms with E-state index < -0.39 is 0 Å². The van der Waals surface area contributed by atoms with Crippen LogP contribution in [0.2, 0.25) is 0 Å². The van der Waals surface area contributed by atoms with Gasteiger partial charge in [0, 0.05) is 12.0 Å². The van der Waals surface area contributed by atoms with Gasteiger partial charge in [-0.25, -0.2) is 4.98 Å². The zero-order valence-electron chi connectivity index (χ0n) is 9.50. The molecular weight excluding hydrogens is 224 g/mol. The summed E-state index contributed by atoms with van der Waals surface area (Å²) in [4.78, 5) is 18.7. The molecule has 0 aliphatic heterocycles. The monoisotopic (exact) mass is 240 g/mol. The molecule has 1 saturated carbocycles. The van der Waals surface area contributed by atoms with Crippen molar-refractivity contribution in [3.8, 4) is 0 Å². The van der Waals surface area contributed by atoms with Crippen LogP contribution in [0.25, 0.3) is 0 Å². The van der Waals surface area contributed by atoms with Crippen molar-refractivity contribution < 1.29 is 0 Å². The van der Waals surface area contributed by atoms with Crippen molar-refractivity contribution in [1.82, 2.24) is 9.97 Å². The van der Waals surface area contributed by atoms with E-state index in [0.29, 0.717) is 17.5 Å². The number of nitrogens with one attached hydrogen (secondary N) is 1. The van der Waals surface area contributed by atoms with Gasteiger partial charge < -0.3 is 4.98 Å². The van der Waals surface area contributed by atoms with Crippen LogP contribution < -0.4 is 5.56 Å². The minimum atomic E-state index is -0.0844. The predicted molar refractivity (Wildman–Crippen MR) is 64.8 cm³/mol. The van der Waals surface area contributed by atoms with Gasteiger partial charge in [-0.1, -0.05) is 19.8 Å². The molecule has 0 saturated heterocycles. The van der Waals surface area contributed by atoms with Gasteiger partial charge in [0.1, 0.15) is 5.82 Å². The second kappa shape index (κ2) is 5.00. The van der Waals surface area contributed by atoms with Crippen LogP contribution in [0, 0.1) is 5.92 Å². The quantitative estimate of drug-likeness (QED) is 0.808. The molecule has 88 valence electrons. The molecule has 1 aliphatic rings. The summed E-state index contributed by atoms with van der Waals surface area (Å²) in [6.07, 6.45) is 4.75. The van der Waals surface area contributed by atoms with Gasteiger partial charge in [0.2, 0.25) is 0 Å². The average molecular weight is 241 g/mol. The molecule has 2 rings (SSSR count). The summed E-state index contributed by atoms with van der Waals surface area (Å²) in [7, 11) is 0. The van der Waals surface area contributed by atoms with Crippen LogP contribution in [0.15, 0.2) is 10.9 Å². The van der Waals surface area contributed by atoms with E-state index in [-0.39, 0.29) is 5.56 Å². The summed E-state index contributed by atoms with van der Waals surface area (Å²) in [6.45, 7) is 2.26. The lowest BCUT2D eigenvalue weighted by molar-refractivity contribution is 0.334. The molecule has 2 atom stereocenters. The van der Waals surface area contributed by atoms with Gasteiger partial charge in [-0.15, -0.1) is 11.6 Å². The van der Waals surface area contributed by atoms with Crippen LogP contribution in [0.5, 0.6) is 0 Å². The van der Waals surface area contributed by atoms with E-state index in [0.717, 1.165) is 24.6 Å². The molecule has 1 aromatic rings. The van der Waals surface area contributed by atoms with Crippen LogP contribution in [0.3, 0.4) is 0 Å². The van der Waals surface area contributed by atoms with Crippen LogP contribution in [0.1, 0.15) is 50.0 Å². The van der Waals surface area contributed by atoms with Gasteiger partial charge in [0.05, 0.1) is 11.6 Å². The molecule has 2 unspecified atom stereocenters. The third-order valence-corrected chi connectivity index (χ3v) is 3.55. The minimum absolute atomic E-state index is 0.0844. The topological polar surface area (TPSA) is 45.8 Å². The Balaban J connectivity index is 2.25. The molecule has 0 amide bonds. The number of hydrogen-bond donors (Lipinski definition) is 1. The molecule has 0 aromatic carbocycles. The van der Waals surface area contributed by atoms with Crippen LogP contribution >= 0.6 is 11.6 Å².